The largest absolute Gasteiger partial charge is 0.298 e. The van der Waals surface area contributed by atoms with Crippen LogP contribution in [0.4, 0.5) is 5.13 Å². The van der Waals surface area contributed by atoms with Crippen LogP contribution in [0.2, 0.25) is 0 Å². The van der Waals surface area contributed by atoms with Gasteiger partial charge in [0.1, 0.15) is 0 Å². The number of amides is 1. The first-order valence-electron chi connectivity index (χ1n) is 8.29. The predicted molar refractivity (Wildman–Crippen MR) is 105 cm³/mol. The van der Waals surface area contributed by atoms with Crippen LogP contribution < -0.4 is 5.32 Å². The summed E-state index contributed by atoms with van der Waals surface area (Å²) < 4.78 is 0. The first kappa shape index (κ1) is 17.4. The van der Waals surface area contributed by atoms with Crippen molar-refractivity contribution in [3.8, 4) is 11.3 Å². The van der Waals surface area contributed by atoms with Crippen molar-refractivity contribution in [2.45, 2.75) is 33.1 Å². The molecule has 0 bridgehead atoms. The molecule has 1 aromatic heterocycles. The van der Waals surface area contributed by atoms with Gasteiger partial charge >= 0.3 is 0 Å². The molecule has 128 valence electrons. The predicted octanol–water partition coefficient (Wildman–Crippen LogP) is 5.67. The van der Waals surface area contributed by atoms with E-state index in [9.17, 15) is 4.79 Å². The van der Waals surface area contributed by atoms with Gasteiger partial charge in [0.25, 0.3) is 5.91 Å². The van der Waals surface area contributed by atoms with Gasteiger partial charge in [-0.1, -0.05) is 63.2 Å². The van der Waals surface area contributed by atoms with Gasteiger partial charge in [-0.15, -0.1) is 11.3 Å². The summed E-state index contributed by atoms with van der Waals surface area (Å²) in [5, 5.41) is 3.54. The van der Waals surface area contributed by atoms with E-state index in [1.807, 2.05) is 61.5 Å². The van der Waals surface area contributed by atoms with E-state index >= 15 is 0 Å². The number of nitrogens with one attached hydrogen (secondary N) is 1. The maximum absolute atomic E-state index is 12.5. The molecule has 1 N–H and O–H groups in total. The minimum atomic E-state index is -0.131. The summed E-state index contributed by atoms with van der Waals surface area (Å²) in [6.45, 7) is 8.50. The van der Waals surface area contributed by atoms with Crippen LogP contribution in [-0.2, 0) is 5.41 Å². The van der Waals surface area contributed by atoms with E-state index in [4.69, 9.17) is 0 Å². The molecule has 0 radical (unpaired) electrons. The molecule has 0 atom stereocenters. The first-order valence-corrected chi connectivity index (χ1v) is 9.11. The third-order valence-electron chi connectivity index (χ3n) is 4.08. The Balaban J connectivity index is 1.78. The number of benzene rings is 2. The van der Waals surface area contributed by atoms with E-state index in [1.54, 1.807) is 0 Å². The van der Waals surface area contributed by atoms with Crippen LogP contribution in [0.3, 0.4) is 0 Å². The van der Waals surface area contributed by atoms with Crippen molar-refractivity contribution in [2.24, 2.45) is 0 Å². The van der Waals surface area contributed by atoms with Crippen molar-refractivity contribution in [2.75, 3.05) is 5.32 Å². The maximum atomic E-state index is 12.5. The van der Waals surface area contributed by atoms with Gasteiger partial charge in [-0.3, -0.25) is 10.1 Å². The van der Waals surface area contributed by atoms with Crippen LogP contribution in [0.25, 0.3) is 11.3 Å². The zero-order valence-corrected chi connectivity index (χ0v) is 15.8. The van der Waals surface area contributed by atoms with Crippen LogP contribution in [0.5, 0.6) is 0 Å². The minimum Gasteiger partial charge on any atom is -0.298 e. The SMILES string of the molecule is Cc1sc(NC(=O)c2ccc(C(C)(C)C)cc2)nc1-c1ccccc1. The van der Waals surface area contributed by atoms with E-state index < -0.39 is 0 Å². The fourth-order valence-corrected chi connectivity index (χ4v) is 3.44. The highest BCUT2D eigenvalue weighted by Crippen LogP contribution is 2.30. The van der Waals surface area contributed by atoms with Crippen molar-refractivity contribution in [1.82, 2.24) is 4.98 Å². The van der Waals surface area contributed by atoms with Gasteiger partial charge in [0, 0.05) is 16.0 Å². The molecule has 25 heavy (non-hydrogen) atoms. The quantitative estimate of drug-likeness (QED) is 0.661. The first-order chi connectivity index (χ1) is 11.8. The van der Waals surface area contributed by atoms with Crippen molar-refractivity contribution in [3.63, 3.8) is 0 Å². The topological polar surface area (TPSA) is 42.0 Å². The fraction of sp³-hybridized carbons (Fsp3) is 0.238. The molecule has 4 heteroatoms. The van der Waals surface area contributed by atoms with E-state index in [1.165, 1.54) is 16.9 Å². The second-order valence-electron chi connectivity index (χ2n) is 7.07. The zero-order chi connectivity index (χ0) is 18.0. The molecule has 0 unspecified atom stereocenters. The Morgan fingerprint density at radius 3 is 2.24 bits per heavy atom. The van der Waals surface area contributed by atoms with E-state index in [2.05, 4.69) is 31.1 Å². The average molecular weight is 350 g/mol. The number of rotatable bonds is 3. The van der Waals surface area contributed by atoms with Crippen LogP contribution in [0.1, 0.15) is 41.6 Å². The molecule has 1 amide bonds. The standard InChI is InChI=1S/C21H22N2OS/c1-14-18(15-8-6-5-7-9-15)22-20(25-14)23-19(24)16-10-12-17(13-11-16)21(2,3)4/h5-13H,1-4H3,(H,22,23,24). The summed E-state index contributed by atoms with van der Waals surface area (Å²) in [4.78, 5) is 18.2. The summed E-state index contributed by atoms with van der Waals surface area (Å²) in [6.07, 6.45) is 0. The number of thiazole rings is 1. The van der Waals surface area contributed by atoms with Crippen molar-refractivity contribution in [3.05, 3.63) is 70.6 Å². The van der Waals surface area contributed by atoms with E-state index in [-0.39, 0.29) is 11.3 Å². The average Bonchev–Trinajstić information content (AvgIpc) is 2.95. The molecule has 0 aliphatic carbocycles. The van der Waals surface area contributed by atoms with Gasteiger partial charge in [0.05, 0.1) is 5.69 Å². The number of hydrogen-bond donors (Lipinski definition) is 1. The van der Waals surface area contributed by atoms with Crippen LogP contribution >= 0.6 is 11.3 Å². The van der Waals surface area contributed by atoms with Crippen molar-refractivity contribution in [1.29, 1.82) is 0 Å². The van der Waals surface area contributed by atoms with Gasteiger partial charge in [0.15, 0.2) is 5.13 Å². The number of nitrogens with zero attached hydrogens (tertiary/aromatic N) is 1. The normalized spacial score (nSPS) is 11.4. The lowest BCUT2D eigenvalue weighted by Gasteiger charge is -2.18. The summed E-state index contributed by atoms with van der Waals surface area (Å²) in [5.74, 6) is -0.131. The summed E-state index contributed by atoms with van der Waals surface area (Å²) >= 11 is 1.50. The molecule has 0 spiro atoms. The van der Waals surface area contributed by atoms with Gasteiger partial charge < -0.3 is 0 Å². The molecule has 0 saturated carbocycles. The monoisotopic (exact) mass is 350 g/mol. The maximum Gasteiger partial charge on any atom is 0.257 e. The number of hydrogen-bond acceptors (Lipinski definition) is 3. The molecular formula is C21H22N2OS. The van der Waals surface area contributed by atoms with Gasteiger partial charge in [-0.2, -0.15) is 0 Å². The smallest absolute Gasteiger partial charge is 0.257 e. The molecule has 3 nitrogen and oxygen atoms in total. The Bertz CT molecular complexity index is 875. The van der Waals surface area contributed by atoms with Gasteiger partial charge in [-0.25, -0.2) is 4.98 Å². The summed E-state index contributed by atoms with van der Waals surface area (Å²) in [5.41, 5.74) is 3.91. The molecule has 0 aliphatic heterocycles. The van der Waals surface area contributed by atoms with E-state index in [0.717, 1.165) is 16.1 Å². The molecule has 0 saturated heterocycles. The number of carbonyl (C=O) groups excluding carboxylic acids is 1. The Morgan fingerprint density at radius 2 is 1.64 bits per heavy atom. The minimum absolute atomic E-state index is 0.0754. The summed E-state index contributed by atoms with van der Waals surface area (Å²) in [6, 6.07) is 17.8. The van der Waals surface area contributed by atoms with Crippen molar-refractivity contribution < 1.29 is 4.79 Å². The lowest BCUT2D eigenvalue weighted by atomic mass is 9.87. The van der Waals surface area contributed by atoms with Crippen LogP contribution in [-0.4, -0.2) is 10.9 Å². The molecule has 3 rings (SSSR count). The Labute approximate surface area is 152 Å². The second-order valence-corrected chi connectivity index (χ2v) is 8.27. The highest BCUT2D eigenvalue weighted by Gasteiger charge is 2.16. The molecule has 0 fully saturated rings. The summed E-state index contributed by atoms with van der Waals surface area (Å²) in [7, 11) is 0. The molecule has 0 aliphatic rings. The van der Waals surface area contributed by atoms with Gasteiger partial charge in [0.2, 0.25) is 0 Å². The Kier molecular flexibility index (Phi) is 4.73. The molecular weight excluding hydrogens is 328 g/mol. The lowest BCUT2D eigenvalue weighted by Crippen LogP contribution is -2.14. The Morgan fingerprint density at radius 1 is 1.00 bits per heavy atom. The second kappa shape index (κ2) is 6.81. The highest BCUT2D eigenvalue weighted by molar-refractivity contribution is 7.16. The molecule has 1 heterocycles. The highest BCUT2D eigenvalue weighted by atomic mass is 32.1. The van der Waals surface area contributed by atoms with Crippen molar-refractivity contribution >= 4 is 22.4 Å². The van der Waals surface area contributed by atoms with Crippen LogP contribution in [0, 0.1) is 6.92 Å². The van der Waals surface area contributed by atoms with Crippen LogP contribution in [0.15, 0.2) is 54.6 Å². The Hall–Kier alpha value is -2.46. The third-order valence-corrected chi connectivity index (χ3v) is 4.96. The number of aromatic nitrogens is 1. The fourth-order valence-electron chi connectivity index (χ4n) is 2.60. The third kappa shape index (κ3) is 3.97. The molecule has 2 aromatic carbocycles. The van der Waals surface area contributed by atoms with E-state index in [0.29, 0.717) is 10.7 Å². The van der Waals surface area contributed by atoms with Gasteiger partial charge in [-0.05, 0) is 30.0 Å². The number of carbonyl (C=O) groups is 1. The zero-order valence-electron chi connectivity index (χ0n) is 15.0. The molecule has 3 aromatic rings. The number of anilines is 1. The lowest BCUT2D eigenvalue weighted by molar-refractivity contribution is 0.102. The number of aryl methyl sites for hydroxylation is 1.